The summed E-state index contributed by atoms with van der Waals surface area (Å²) in [5.74, 6) is -5.57. The fourth-order valence-electron chi connectivity index (χ4n) is 2.17. The molecule has 1 N–H and O–H groups in total. The third kappa shape index (κ3) is 4.73. The highest BCUT2D eigenvalue weighted by atomic mass is 35.5. The Hall–Kier alpha value is -2.54. The molecule has 2 aromatic rings. The van der Waals surface area contributed by atoms with Crippen molar-refractivity contribution in [3.63, 3.8) is 0 Å². The number of benzene rings is 2. The van der Waals surface area contributed by atoms with E-state index in [4.69, 9.17) is 11.6 Å². The van der Waals surface area contributed by atoms with Gasteiger partial charge in [-0.15, -0.1) is 0 Å². The van der Waals surface area contributed by atoms with Crippen molar-refractivity contribution in [2.75, 3.05) is 16.8 Å². The summed E-state index contributed by atoms with van der Waals surface area (Å²) in [6.45, 7) is 0.930. The van der Waals surface area contributed by atoms with Gasteiger partial charge in [-0.05, 0) is 30.3 Å². The molecular formula is C17H14ClF3N2O2. The predicted octanol–water partition coefficient (Wildman–Crippen LogP) is 4.14. The van der Waals surface area contributed by atoms with Gasteiger partial charge in [0.05, 0.1) is 5.69 Å². The largest absolute Gasteiger partial charge is 0.326 e. The summed E-state index contributed by atoms with van der Waals surface area (Å²) >= 11 is 5.81. The SMILES string of the molecule is CC(=O)N(CCC(=O)Nc1cccc(Cl)c1)c1ccc(F)c(F)c1F. The minimum Gasteiger partial charge on any atom is -0.326 e. The summed E-state index contributed by atoms with van der Waals surface area (Å²) in [5.41, 5.74) is 0.0350. The molecule has 0 unspecified atom stereocenters. The van der Waals surface area contributed by atoms with Crippen LogP contribution in [0, 0.1) is 17.5 Å². The maximum Gasteiger partial charge on any atom is 0.226 e. The lowest BCUT2D eigenvalue weighted by Gasteiger charge is -2.21. The van der Waals surface area contributed by atoms with Crippen LogP contribution >= 0.6 is 11.6 Å². The van der Waals surface area contributed by atoms with Crippen LogP contribution in [0.1, 0.15) is 13.3 Å². The van der Waals surface area contributed by atoms with Gasteiger partial charge in [-0.3, -0.25) is 9.59 Å². The first-order chi connectivity index (χ1) is 11.8. The van der Waals surface area contributed by atoms with Crippen LogP contribution in [0.2, 0.25) is 5.02 Å². The molecule has 0 radical (unpaired) electrons. The van der Waals surface area contributed by atoms with Crippen LogP contribution in [-0.4, -0.2) is 18.4 Å². The van der Waals surface area contributed by atoms with E-state index in [-0.39, 0.29) is 13.0 Å². The third-order valence-corrected chi connectivity index (χ3v) is 3.59. The summed E-state index contributed by atoms with van der Waals surface area (Å²) in [4.78, 5) is 24.5. The Labute approximate surface area is 147 Å². The second-order valence-corrected chi connectivity index (χ2v) is 5.61. The number of hydrogen-bond donors (Lipinski definition) is 1. The molecule has 0 fully saturated rings. The summed E-state index contributed by atoms with van der Waals surface area (Å²) in [5, 5.41) is 3.01. The quantitative estimate of drug-likeness (QED) is 0.804. The van der Waals surface area contributed by atoms with Crippen molar-refractivity contribution in [3.05, 3.63) is 58.9 Å². The molecule has 8 heteroatoms. The monoisotopic (exact) mass is 370 g/mol. The molecule has 0 aliphatic carbocycles. The molecule has 132 valence electrons. The zero-order valence-electron chi connectivity index (χ0n) is 13.2. The average Bonchev–Trinajstić information content (AvgIpc) is 2.54. The van der Waals surface area contributed by atoms with Gasteiger partial charge in [0.25, 0.3) is 0 Å². The molecule has 25 heavy (non-hydrogen) atoms. The van der Waals surface area contributed by atoms with Gasteiger partial charge >= 0.3 is 0 Å². The van der Waals surface area contributed by atoms with Gasteiger partial charge in [0.2, 0.25) is 11.8 Å². The third-order valence-electron chi connectivity index (χ3n) is 3.36. The zero-order chi connectivity index (χ0) is 18.6. The number of halogens is 4. The number of nitrogens with one attached hydrogen (secondary N) is 1. The van der Waals surface area contributed by atoms with Crippen LogP contribution in [0.25, 0.3) is 0 Å². The van der Waals surface area contributed by atoms with Crippen molar-refractivity contribution in [1.29, 1.82) is 0 Å². The van der Waals surface area contributed by atoms with Crippen molar-refractivity contribution < 1.29 is 22.8 Å². The lowest BCUT2D eigenvalue weighted by Crippen LogP contribution is -2.33. The Kier molecular flexibility index (Phi) is 6.03. The molecule has 0 spiro atoms. The molecule has 0 aliphatic heterocycles. The van der Waals surface area contributed by atoms with E-state index in [2.05, 4.69) is 5.32 Å². The highest BCUT2D eigenvalue weighted by molar-refractivity contribution is 6.30. The Morgan fingerprint density at radius 2 is 1.84 bits per heavy atom. The van der Waals surface area contributed by atoms with E-state index in [1.807, 2.05) is 0 Å². The van der Waals surface area contributed by atoms with Crippen molar-refractivity contribution in [3.8, 4) is 0 Å². The topological polar surface area (TPSA) is 49.4 Å². The van der Waals surface area contributed by atoms with Gasteiger partial charge in [0.15, 0.2) is 17.5 Å². The molecular weight excluding hydrogens is 357 g/mol. The average molecular weight is 371 g/mol. The molecule has 0 saturated heterocycles. The Balaban J connectivity index is 2.09. The number of hydrogen-bond acceptors (Lipinski definition) is 2. The highest BCUT2D eigenvalue weighted by Gasteiger charge is 2.21. The number of amides is 2. The van der Waals surface area contributed by atoms with Gasteiger partial charge in [-0.25, -0.2) is 13.2 Å². The molecule has 4 nitrogen and oxygen atoms in total. The first-order valence-corrected chi connectivity index (χ1v) is 7.64. The first-order valence-electron chi connectivity index (χ1n) is 7.26. The predicted molar refractivity (Wildman–Crippen MR) is 89.0 cm³/mol. The van der Waals surface area contributed by atoms with Gasteiger partial charge in [0.1, 0.15) is 0 Å². The van der Waals surface area contributed by atoms with Crippen LogP contribution in [0.5, 0.6) is 0 Å². The van der Waals surface area contributed by atoms with Crippen molar-refractivity contribution >= 4 is 34.8 Å². The Morgan fingerprint density at radius 1 is 1.12 bits per heavy atom. The molecule has 2 rings (SSSR count). The second-order valence-electron chi connectivity index (χ2n) is 5.17. The van der Waals surface area contributed by atoms with Crippen LogP contribution in [-0.2, 0) is 9.59 Å². The second kappa shape index (κ2) is 8.02. The van der Waals surface area contributed by atoms with Crippen LogP contribution < -0.4 is 10.2 Å². The molecule has 0 bridgehead atoms. The number of anilines is 2. The number of carbonyl (C=O) groups excluding carboxylic acids is 2. The summed E-state index contributed by atoms with van der Waals surface area (Å²) in [6.07, 6.45) is -0.176. The first kappa shape index (κ1) is 18.8. The molecule has 0 aromatic heterocycles. The van der Waals surface area contributed by atoms with E-state index in [1.165, 1.54) is 6.07 Å². The van der Waals surface area contributed by atoms with Gasteiger partial charge in [0, 0.05) is 30.6 Å². The van der Waals surface area contributed by atoms with E-state index in [0.29, 0.717) is 10.7 Å². The Morgan fingerprint density at radius 3 is 2.48 bits per heavy atom. The zero-order valence-corrected chi connectivity index (χ0v) is 13.9. The molecule has 0 saturated carbocycles. The van der Waals surface area contributed by atoms with E-state index in [9.17, 15) is 22.8 Å². The smallest absolute Gasteiger partial charge is 0.226 e. The molecule has 2 amide bonds. The van der Waals surface area contributed by atoms with E-state index in [1.54, 1.807) is 18.2 Å². The normalized spacial score (nSPS) is 10.4. The minimum atomic E-state index is -1.67. The van der Waals surface area contributed by atoms with Crippen LogP contribution in [0.3, 0.4) is 0 Å². The molecule has 2 aromatic carbocycles. The van der Waals surface area contributed by atoms with Crippen molar-refractivity contribution in [1.82, 2.24) is 0 Å². The van der Waals surface area contributed by atoms with Gasteiger partial charge in [-0.1, -0.05) is 17.7 Å². The molecule has 0 atom stereocenters. The standard InChI is InChI=1S/C17H14ClF3N2O2/c1-10(24)23(14-6-5-13(19)16(20)17(14)21)8-7-15(25)22-12-4-2-3-11(18)9-12/h2-6,9H,7-8H2,1H3,(H,22,25). The Bertz CT molecular complexity index is 814. The molecule has 0 aliphatic rings. The minimum absolute atomic E-state index is 0.176. The fourth-order valence-corrected chi connectivity index (χ4v) is 2.37. The van der Waals surface area contributed by atoms with Gasteiger partial charge < -0.3 is 10.2 Å². The number of carbonyl (C=O) groups is 2. The maximum atomic E-state index is 13.9. The highest BCUT2D eigenvalue weighted by Crippen LogP contribution is 2.24. The summed E-state index contributed by atoms with van der Waals surface area (Å²) in [7, 11) is 0. The molecule has 0 heterocycles. The maximum absolute atomic E-state index is 13.9. The van der Waals surface area contributed by atoms with Crippen LogP contribution in [0.15, 0.2) is 36.4 Å². The van der Waals surface area contributed by atoms with Gasteiger partial charge in [-0.2, -0.15) is 0 Å². The number of nitrogens with zero attached hydrogens (tertiary/aromatic N) is 1. The van der Waals surface area contributed by atoms with E-state index < -0.39 is 35.0 Å². The van der Waals surface area contributed by atoms with Crippen LogP contribution in [0.4, 0.5) is 24.5 Å². The lowest BCUT2D eigenvalue weighted by atomic mass is 10.2. The fraction of sp³-hybridized carbons (Fsp3) is 0.176. The summed E-state index contributed by atoms with van der Waals surface area (Å²) < 4.78 is 40.2. The van der Waals surface area contributed by atoms with Crippen molar-refractivity contribution in [2.45, 2.75) is 13.3 Å². The van der Waals surface area contributed by atoms with E-state index in [0.717, 1.165) is 24.0 Å². The lowest BCUT2D eigenvalue weighted by molar-refractivity contribution is -0.117. The summed E-state index contributed by atoms with van der Waals surface area (Å²) in [6, 6.07) is 8.12. The van der Waals surface area contributed by atoms with E-state index >= 15 is 0 Å². The number of rotatable bonds is 5. The van der Waals surface area contributed by atoms with Crippen molar-refractivity contribution in [2.24, 2.45) is 0 Å².